The molecule has 0 heterocycles. The second-order valence-corrected chi connectivity index (χ2v) is 10.5. The normalized spacial score (nSPS) is 40.3. The second kappa shape index (κ2) is 5.32. The molecular formula is C30H26O2. The largest absolute Gasteiger partial charge is 0.384 e. The molecule has 4 aliphatic carbocycles. The molecule has 2 saturated carbocycles. The van der Waals surface area contributed by atoms with Crippen molar-refractivity contribution in [3.8, 4) is 0 Å². The quantitative estimate of drug-likeness (QED) is 0.596. The Morgan fingerprint density at radius 1 is 0.781 bits per heavy atom. The lowest BCUT2D eigenvalue weighted by Crippen LogP contribution is -2.56. The SMILES string of the molecule is CC1=C(c2ccccc2)C2(C)C(=O)C3C4(c5ccccc5)c5ccccc5C2C1(O)C34C. The van der Waals surface area contributed by atoms with E-state index in [0.29, 0.717) is 0 Å². The molecule has 32 heavy (non-hydrogen) atoms. The van der Waals surface area contributed by atoms with Gasteiger partial charge >= 0.3 is 0 Å². The summed E-state index contributed by atoms with van der Waals surface area (Å²) in [5, 5.41) is 12.8. The Bertz CT molecular complexity index is 1360. The maximum Gasteiger partial charge on any atom is 0.148 e. The monoisotopic (exact) mass is 418 g/mol. The number of Topliss-reactive ketones (excluding diaryl/α,β-unsaturated/α-hetero) is 1. The lowest BCUT2D eigenvalue weighted by atomic mass is 9.53. The second-order valence-electron chi connectivity index (χ2n) is 10.5. The fourth-order valence-electron chi connectivity index (χ4n) is 8.74. The first-order valence-corrected chi connectivity index (χ1v) is 11.6. The summed E-state index contributed by atoms with van der Waals surface area (Å²) in [6, 6.07) is 29.1. The summed E-state index contributed by atoms with van der Waals surface area (Å²) in [4.78, 5) is 14.6. The van der Waals surface area contributed by atoms with Crippen molar-refractivity contribution in [3.05, 3.63) is 113 Å². The van der Waals surface area contributed by atoms with Gasteiger partial charge in [-0.2, -0.15) is 0 Å². The van der Waals surface area contributed by atoms with E-state index in [1.54, 1.807) is 0 Å². The Hall–Kier alpha value is -2.97. The van der Waals surface area contributed by atoms with Crippen LogP contribution in [0.4, 0.5) is 0 Å². The summed E-state index contributed by atoms with van der Waals surface area (Å²) in [5.74, 6) is -0.233. The third kappa shape index (κ3) is 1.51. The zero-order valence-corrected chi connectivity index (χ0v) is 18.6. The zero-order valence-electron chi connectivity index (χ0n) is 18.6. The van der Waals surface area contributed by atoms with Crippen molar-refractivity contribution < 1.29 is 9.90 Å². The fraction of sp³-hybridized carbons (Fsp3) is 0.300. The van der Waals surface area contributed by atoms with Gasteiger partial charge < -0.3 is 5.11 Å². The van der Waals surface area contributed by atoms with E-state index in [2.05, 4.69) is 81.4 Å². The lowest BCUT2D eigenvalue weighted by molar-refractivity contribution is -0.140. The number of rotatable bonds is 2. The predicted octanol–water partition coefficient (Wildman–Crippen LogP) is 5.51. The molecule has 158 valence electrons. The van der Waals surface area contributed by atoms with Gasteiger partial charge in [0.25, 0.3) is 0 Å². The van der Waals surface area contributed by atoms with Crippen LogP contribution < -0.4 is 0 Å². The number of allylic oxidation sites excluding steroid dienone is 1. The van der Waals surface area contributed by atoms with Crippen molar-refractivity contribution in [3.63, 3.8) is 0 Å². The molecule has 0 aliphatic heterocycles. The van der Waals surface area contributed by atoms with Crippen LogP contribution in [0.15, 0.2) is 90.5 Å². The minimum absolute atomic E-state index is 0.247. The number of fused-ring (bicyclic) bond motifs is 3. The topological polar surface area (TPSA) is 37.3 Å². The molecule has 6 unspecified atom stereocenters. The first-order valence-electron chi connectivity index (χ1n) is 11.6. The summed E-state index contributed by atoms with van der Waals surface area (Å²) < 4.78 is 0. The number of benzene rings is 3. The number of hydrogen-bond acceptors (Lipinski definition) is 2. The number of carbonyl (C=O) groups excluding carboxylic acids is 1. The van der Waals surface area contributed by atoms with Gasteiger partial charge in [-0.05, 0) is 47.2 Å². The van der Waals surface area contributed by atoms with Crippen molar-refractivity contribution in [2.75, 3.05) is 0 Å². The van der Waals surface area contributed by atoms with E-state index in [-0.39, 0.29) is 17.6 Å². The summed E-state index contributed by atoms with van der Waals surface area (Å²) in [6.07, 6.45) is 0. The van der Waals surface area contributed by atoms with E-state index in [9.17, 15) is 9.90 Å². The van der Waals surface area contributed by atoms with Gasteiger partial charge in [-0.3, -0.25) is 4.79 Å². The van der Waals surface area contributed by atoms with Crippen molar-refractivity contribution in [2.45, 2.75) is 37.7 Å². The standard InChI is InChI=1S/C30H26O2/c1-18-23(19-12-6-4-7-13-19)27(2)24-21-16-10-11-17-22(21)29(20-14-8-5-9-15-20)25(26(27)31)28(29,3)30(18,24)32/h4-17,24-25,32H,1-3H3. The van der Waals surface area contributed by atoms with Gasteiger partial charge in [-0.15, -0.1) is 0 Å². The highest BCUT2D eigenvalue weighted by Crippen LogP contribution is 2.90. The zero-order chi connectivity index (χ0) is 22.1. The Morgan fingerprint density at radius 3 is 2.06 bits per heavy atom. The summed E-state index contributed by atoms with van der Waals surface area (Å²) in [5.41, 5.74) is 3.67. The highest BCUT2D eigenvalue weighted by atomic mass is 16.3. The van der Waals surface area contributed by atoms with Crippen LogP contribution in [0, 0.1) is 16.7 Å². The minimum atomic E-state index is -1.07. The van der Waals surface area contributed by atoms with Gasteiger partial charge in [-0.25, -0.2) is 0 Å². The number of ketones is 1. The molecule has 2 fully saturated rings. The first-order chi connectivity index (χ1) is 15.4. The van der Waals surface area contributed by atoms with Crippen LogP contribution in [-0.4, -0.2) is 16.5 Å². The van der Waals surface area contributed by atoms with E-state index >= 15 is 0 Å². The van der Waals surface area contributed by atoms with Crippen LogP contribution in [0.2, 0.25) is 0 Å². The summed E-state index contributed by atoms with van der Waals surface area (Å²) in [7, 11) is 0. The molecule has 2 nitrogen and oxygen atoms in total. The molecule has 0 saturated heterocycles. The third-order valence-corrected chi connectivity index (χ3v) is 9.76. The van der Waals surface area contributed by atoms with E-state index in [4.69, 9.17) is 0 Å². The summed E-state index contributed by atoms with van der Waals surface area (Å²) in [6.45, 7) is 6.34. The predicted molar refractivity (Wildman–Crippen MR) is 125 cm³/mol. The molecule has 7 rings (SSSR count). The Morgan fingerprint density at radius 2 is 1.38 bits per heavy atom. The van der Waals surface area contributed by atoms with Gasteiger partial charge in [-0.1, -0.05) is 91.9 Å². The van der Waals surface area contributed by atoms with Crippen LogP contribution in [0.3, 0.4) is 0 Å². The highest BCUT2D eigenvalue weighted by molar-refractivity contribution is 6.11. The third-order valence-electron chi connectivity index (χ3n) is 9.76. The molecule has 4 aliphatic rings. The van der Waals surface area contributed by atoms with Gasteiger partial charge in [0.05, 0.1) is 5.41 Å². The van der Waals surface area contributed by atoms with Crippen LogP contribution in [0.25, 0.3) is 5.57 Å². The van der Waals surface area contributed by atoms with Gasteiger partial charge in [0.2, 0.25) is 0 Å². The van der Waals surface area contributed by atoms with Crippen LogP contribution >= 0.6 is 0 Å². The molecule has 0 spiro atoms. The fourth-order valence-corrected chi connectivity index (χ4v) is 8.74. The van der Waals surface area contributed by atoms with Crippen LogP contribution in [0.5, 0.6) is 0 Å². The number of carbonyl (C=O) groups is 1. The molecule has 0 aromatic heterocycles. The van der Waals surface area contributed by atoms with Crippen molar-refractivity contribution in [2.24, 2.45) is 16.7 Å². The van der Waals surface area contributed by atoms with Gasteiger partial charge in [0.1, 0.15) is 11.4 Å². The van der Waals surface area contributed by atoms with Gasteiger partial charge in [0.15, 0.2) is 0 Å². The van der Waals surface area contributed by atoms with Crippen LogP contribution in [-0.2, 0) is 10.2 Å². The van der Waals surface area contributed by atoms with E-state index in [0.717, 1.165) is 27.8 Å². The first kappa shape index (κ1) is 18.6. The average molecular weight is 419 g/mol. The van der Waals surface area contributed by atoms with Gasteiger partial charge in [0, 0.05) is 22.7 Å². The smallest absolute Gasteiger partial charge is 0.148 e. The maximum atomic E-state index is 14.6. The maximum absolute atomic E-state index is 14.6. The molecule has 0 amide bonds. The molecule has 4 bridgehead atoms. The Labute approximate surface area is 188 Å². The molecule has 0 radical (unpaired) electrons. The van der Waals surface area contributed by atoms with Crippen LogP contribution in [0.1, 0.15) is 48.9 Å². The molecule has 2 heteroatoms. The average Bonchev–Trinajstić information content (AvgIpc) is 3.39. The summed E-state index contributed by atoms with van der Waals surface area (Å²) >= 11 is 0. The lowest BCUT2D eigenvalue weighted by Gasteiger charge is -2.51. The van der Waals surface area contributed by atoms with Crippen molar-refractivity contribution in [1.82, 2.24) is 0 Å². The van der Waals surface area contributed by atoms with Crippen molar-refractivity contribution in [1.29, 1.82) is 0 Å². The Balaban J connectivity index is 1.64. The molecule has 1 N–H and O–H groups in total. The molecule has 3 aromatic carbocycles. The minimum Gasteiger partial charge on any atom is -0.384 e. The van der Waals surface area contributed by atoms with Crippen molar-refractivity contribution >= 4 is 11.4 Å². The van der Waals surface area contributed by atoms with E-state index < -0.39 is 21.8 Å². The molecule has 6 atom stereocenters. The number of hydrogen-bond donors (Lipinski definition) is 1. The van der Waals surface area contributed by atoms with E-state index in [1.165, 1.54) is 5.56 Å². The molecular weight excluding hydrogens is 392 g/mol. The Kier molecular flexibility index (Phi) is 3.09. The van der Waals surface area contributed by atoms with E-state index in [1.807, 2.05) is 24.3 Å². The highest BCUT2D eigenvalue weighted by Gasteiger charge is 2.94. The number of aliphatic hydroxyl groups is 1. The molecule has 3 aromatic rings.